The Morgan fingerprint density at radius 1 is 0.879 bits per heavy atom. The molecule has 4 aromatic rings. The fourth-order valence-corrected chi connectivity index (χ4v) is 4.60. The molecular formula is C28H29N3OS. The molecular weight excluding hydrogens is 426 g/mol. The van der Waals surface area contributed by atoms with Crippen molar-refractivity contribution in [2.24, 2.45) is 0 Å². The molecule has 0 aliphatic carbocycles. The van der Waals surface area contributed by atoms with E-state index in [1.54, 1.807) is 11.8 Å². The third-order valence-electron chi connectivity index (χ3n) is 5.37. The van der Waals surface area contributed by atoms with Crippen LogP contribution in [0.4, 0.5) is 0 Å². The molecule has 168 valence electrons. The van der Waals surface area contributed by atoms with Crippen LogP contribution >= 0.6 is 11.8 Å². The molecule has 0 bridgehead atoms. The minimum Gasteiger partial charge on any atom is -0.355 e. The van der Waals surface area contributed by atoms with E-state index >= 15 is 0 Å². The summed E-state index contributed by atoms with van der Waals surface area (Å²) in [5.41, 5.74) is 5.30. The lowest BCUT2D eigenvalue weighted by Gasteiger charge is -2.13. The number of hydrogen-bond donors (Lipinski definition) is 1. The Balaban J connectivity index is 1.71. The molecule has 1 N–H and O–H groups in total. The topological polar surface area (TPSA) is 46.9 Å². The predicted molar refractivity (Wildman–Crippen MR) is 138 cm³/mol. The van der Waals surface area contributed by atoms with Gasteiger partial charge in [-0.1, -0.05) is 104 Å². The largest absolute Gasteiger partial charge is 0.355 e. The van der Waals surface area contributed by atoms with Gasteiger partial charge in [-0.25, -0.2) is 4.98 Å². The zero-order valence-electron chi connectivity index (χ0n) is 18.9. The molecule has 1 amide bonds. The number of aromatic nitrogens is 2. The first-order valence-corrected chi connectivity index (χ1v) is 12.4. The minimum absolute atomic E-state index is 0.124. The van der Waals surface area contributed by atoms with Crippen molar-refractivity contribution in [2.45, 2.75) is 31.3 Å². The van der Waals surface area contributed by atoms with Crippen molar-refractivity contribution in [1.29, 1.82) is 0 Å². The Morgan fingerprint density at radius 3 is 2.12 bits per heavy atom. The Bertz CT molecular complexity index is 1160. The van der Waals surface area contributed by atoms with Crippen LogP contribution in [0.15, 0.2) is 96.2 Å². The summed E-state index contributed by atoms with van der Waals surface area (Å²) in [6.07, 6.45) is 2.55. The summed E-state index contributed by atoms with van der Waals surface area (Å²) >= 11 is 1.67. The zero-order valence-corrected chi connectivity index (χ0v) is 19.7. The second-order valence-electron chi connectivity index (χ2n) is 7.80. The van der Waals surface area contributed by atoms with Crippen LogP contribution in [0, 0.1) is 0 Å². The summed E-state index contributed by atoms with van der Waals surface area (Å²) < 4.78 is 2.24. The van der Waals surface area contributed by atoms with Crippen molar-refractivity contribution in [2.75, 3.05) is 12.3 Å². The van der Waals surface area contributed by atoms with Crippen LogP contribution in [-0.2, 0) is 4.79 Å². The van der Waals surface area contributed by atoms with Crippen molar-refractivity contribution in [3.63, 3.8) is 0 Å². The Hall–Kier alpha value is -3.31. The van der Waals surface area contributed by atoms with E-state index in [-0.39, 0.29) is 5.91 Å². The van der Waals surface area contributed by atoms with Crippen molar-refractivity contribution in [3.8, 4) is 28.2 Å². The van der Waals surface area contributed by atoms with E-state index in [0.717, 1.165) is 52.0 Å². The molecule has 0 saturated carbocycles. The van der Waals surface area contributed by atoms with Gasteiger partial charge in [0.25, 0.3) is 0 Å². The third-order valence-corrected chi connectivity index (χ3v) is 6.31. The molecule has 0 atom stereocenters. The van der Waals surface area contributed by atoms with Gasteiger partial charge in [-0.3, -0.25) is 9.36 Å². The number of amides is 1. The third kappa shape index (κ3) is 5.74. The van der Waals surface area contributed by atoms with E-state index in [0.29, 0.717) is 13.0 Å². The Kier molecular flexibility index (Phi) is 7.99. The summed E-state index contributed by atoms with van der Waals surface area (Å²) in [4.78, 5) is 17.1. The number of benzene rings is 3. The van der Waals surface area contributed by atoms with Gasteiger partial charge in [-0.2, -0.15) is 0 Å². The average Bonchev–Trinajstić information content (AvgIpc) is 3.26. The standard InChI is InChI=1S/C28H29N3OS/c1-2-3-19-25(32)29-20-21-33-28-30-26(22-13-7-4-8-14-22)27(23-15-9-5-10-16-23)31(28)24-17-11-6-12-18-24/h4-18H,2-3,19-21H2,1H3,(H,29,32). The molecule has 1 heterocycles. The number of para-hydroxylation sites is 1. The number of unbranched alkanes of at least 4 members (excludes halogenated alkanes) is 1. The molecule has 4 rings (SSSR count). The number of imidazole rings is 1. The van der Waals surface area contributed by atoms with E-state index in [1.807, 2.05) is 30.3 Å². The first-order chi connectivity index (χ1) is 16.3. The molecule has 4 nitrogen and oxygen atoms in total. The van der Waals surface area contributed by atoms with Gasteiger partial charge in [-0.15, -0.1) is 0 Å². The molecule has 3 aromatic carbocycles. The maximum Gasteiger partial charge on any atom is 0.220 e. The van der Waals surface area contributed by atoms with Crippen molar-refractivity contribution >= 4 is 17.7 Å². The summed E-state index contributed by atoms with van der Waals surface area (Å²) in [6.45, 7) is 2.72. The van der Waals surface area contributed by atoms with Crippen molar-refractivity contribution < 1.29 is 4.79 Å². The zero-order chi connectivity index (χ0) is 22.9. The highest BCUT2D eigenvalue weighted by molar-refractivity contribution is 7.99. The van der Waals surface area contributed by atoms with E-state index < -0.39 is 0 Å². The van der Waals surface area contributed by atoms with Crippen molar-refractivity contribution in [1.82, 2.24) is 14.9 Å². The first-order valence-electron chi connectivity index (χ1n) is 11.5. The summed E-state index contributed by atoms with van der Waals surface area (Å²) in [6, 6.07) is 31.1. The number of nitrogens with one attached hydrogen (secondary N) is 1. The second kappa shape index (κ2) is 11.5. The highest BCUT2D eigenvalue weighted by atomic mass is 32.2. The van der Waals surface area contributed by atoms with Gasteiger partial charge in [0.15, 0.2) is 5.16 Å². The summed E-state index contributed by atoms with van der Waals surface area (Å²) in [5, 5.41) is 3.95. The molecule has 0 saturated heterocycles. The van der Waals surface area contributed by atoms with Crippen LogP contribution in [-0.4, -0.2) is 27.8 Å². The van der Waals surface area contributed by atoms with Gasteiger partial charge in [0.05, 0.1) is 11.4 Å². The summed E-state index contributed by atoms with van der Waals surface area (Å²) in [7, 11) is 0. The van der Waals surface area contributed by atoms with E-state index in [2.05, 4.69) is 77.5 Å². The number of carbonyl (C=O) groups is 1. The lowest BCUT2D eigenvalue weighted by atomic mass is 10.0. The monoisotopic (exact) mass is 455 g/mol. The van der Waals surface area contributed by atoms with Crippen LogP contribution in [0.5, 0.6) is 0 Å². The maximum absolute atomic E-state index is 12.0. The van der Waals surface area contributed by atoms with E-state index in [9.17, 15) is 4.79 Å². The van der Waals surface area contributed by atoms with Crippen LogP contribution in [0.3, 0.4) is 0 Å². The van der Waals surface area contributed by atoms with Gasteiger partial charge in [0.2, 0.25) is 5.91 Å². The second-order valence-corrected chi connectivity index (χ2v) is 8.86. The van der Waals surface area contributed by atoms with Crippen LogP contribution < -0.4 is 5.32 Å². The number of thioether (sulfide) groups is 1. The number of hydrogen-bond acceptors (Lipinski definition) is 3. The molecule has 0 radical (unpaired) electrons. The maximum atomic E-state index is 12.0. The average molecular weight is 456 g/mol. The van der Waals surface area contributed by atoms with Gasteiger partial charge in [0, 0.05) is 35.5 Å². The molecule has 0 spiro atoms. The lowest BCUT2D eigenvalue weighted by molar-refractivity contribution is -0.121. The smallest absolute Gasteiger partial charge is 0.220 e. The van der Waals surface area contributed by atoms with Gasteiger partial charge < -0.3 is 5.32 Å². The van der Waals surface area contributed by atoms with Gasteiger partial charge in [0.1, 0.15) is 0 Å². The predicted octanol–water partition coefficient (Wildman–Crippen LogP) is 6.60. The fraction of sp³-hybridized carbons (Fsp3) is 0.214. The molecule has 0 aliphatic heterocycles. The van der Waals surface area contributed by atoms with E-state index in [4.69, 9.17) is 4.98 Å². The molecule has 5 heteroatoms. The summed E-state index contributed by atoms with van der Waals surface area (Å²) in [5.74, 6) is 0.878. The van der Waals surface area contributed by atoms with Gasteiger partial charge in [-0.05, 0) is 18.6 Å². The fourth-order valence-electron chi connectivity index (χ4n) is 3.73. The normalized spacial score (nSPS) is 10.8. The molecule has 0 fully saturated rings. The lowest BCUT2D eigenvalue weighted by Crippen LogP contribution is -2.25. The SMILES string of the molecule is CCCCC(=O)NCCSc1nc(-c2ccccc2)c(-c2ccccc2)n1-c1ccccc1. The Morgan fingerprint density at radius 2 is 1.48 bits per heavy atom. The number of carbonyl (C=O) groups excluding carboxylic acids is 1. The van der Waals surface area contributed by atoms with Crippen LogP contribution in [0.25, 0.3) is 28.2 Å². The molecule has 33 heavy (non-hydrogen) atoms. The van der Waals surface area contributed by atoms with Crippen LogP contribution in [0.1, 0.15) is 26.2 Å². The highest BCUT2D eigenvalue weighted by Gasteiger charge is 2.21. The van der Waals surface area contributed by atoms with Crippen molar-refractivity contribution in [3.05, 3.63) is 91.0 Å². The molecule has 0 aliphatic rings. The quantitative estimate of drug-likeness (QED) is 0.216. The molecule has 0 unspecified atom stereocenters. The molecule has 1 aromatic heterocycles. The minimum atomic E-state index is 0.124. The first kappa shape index (κ1) is 22.9. The van der Waals surface area contributed by atoms with Gasteiger partial charge >= 0.3 is 0 Å². The Labute approximate surface area is 200 Å². The van der Waals surface area contributed by atoms with Crippen LogP contribution in [0.2, 0.25) is 0 Å². The van der Waals surface area contributed by atoms with E-state index in [1.165, 1.54) is 0 Å². The number of nitrogens with zero attached hydrogens (tertiary/aromatic N) is 2. The number of rotatable bonds is 10. The highest BCUT2D eigenvalue weighted by Crippen LogP contribution is 2.38.